The van der Waals surface area contributed by atoms with E-state index in [1.54, 1.807) is 41.4 Å². The molecule has 1 fully saturated rings. The molecule has 1 saturated heterocycles. The number of hydrogen-bond donors (Lipinski definition) is 3. The molecule has 0 saturated carbocycles. The Morgan fingerprint density at radius 2 is 1.67 bits per heavy atom. The number of aromatic nitrogens is 2. The zero-order valence-corrected chi connectivity index (χ0v) is 24.5. The van der Waals surface area contributed by atoms with E-state index in [1.807, 2.05) is 48.5 Å². The highest BCUT2D eigenvalue weighted by Gasteiger charge is 2.24. The molecule has 11 heteroatoms. The first-order valence-electron chi connectivity index (χ1n) is 13.8. The summed E-state index contributed by atoms with van der Waals surface area (Å²) < 4.78 is 7.53. The number of amides is 1. The molecule has 4 aromatic rings. The summed E-state index contributed by atoms with van der Waals surface area (Å²) in [6, 6.07) is 23.6. The number of nitriles is 1. The molecular weight excluding hydrogens is 568 g/mol. The SMILES string of the molecule is Cl.Cn1c(N2CCC(N)CC2)nc(-c2ccc(C#N)cc2)c(-c2ccc(OCCc3ccc(C(=O)NO)cc3)cc2)c1=O. The first-order chi connectivity index (χ1) is 20.4. The number of hydrogen-bond acceptors (Lipinski definition) is 8. The second-order valence-corrected chi connectivity index (χ2v) is 10.3. The zero-order valence-electron chi connectivity index (χ0n) is 23.7. The number of halogens is 1. The number of anilines is 1. The molecule has 5 rings (SSSR count). The fourth-order valence-corrected chi connectivity index (χ4v) is 5.04. The molecule has 0 bridgehead atoms. The van der Waals surface area contributed by atoms with Crippen molar-refractivity contribution in [2.45, 2.75) is 25.3 Å². The van der Waals surface area contributed by atoms with Crippen LogP contribution in [-0.2, 0) is 13.5 Å². The van der Waals surface area contributed by atoms with Crippen LogP contribution in [0.25, 0.3) is 22.4 Å². The molecule has 0 spiro atoms. The van der Waals surface area contributed by atoms with Gasteiger partial charge in [0.05, 0.1) is 29.5 Å². The third-order valence-corrected chi connectivity index (χ3v) is 7.50. The summed E-state index contributed by atoms with van der Waals surface area (Å²) in [4.78, 5) is 32.5. The lowest BCUT2D eigenvalue weighted by molar-refractivity contribution is 0.0706. The maximum atomic E-state index is 13.9. The molecule has 43 heavy (non-hydrogen) atoms. The van der Waals surface area contributed by atoms with E-state index in [4.69, 9.17) is 20.7 Å². The van der Waals surface area contributed by atoms with E-state index >= 15 is 0 Å². The highest BCUT2D eigenvalue weighted by atomic mass is 35.5. The molecule has 0 atom stereocenters. The van der Waals surface area contributed by atoms with Crippen LogP contribution >= 0.6 is 12.4 Å². The Morgan fingerprint density at radius 1 is 1.05 bits per heavy atom. The third-order valence-electron chi connectivity index (χ3n) is 7.50. The standard InChI is InChI=1S/C32H32N6O4.ClH/c1-37-31(40)28(23-10-12-27(13-11-23)42-19-16-21-2-8-25(9-3-21)30(39)36-41)29(24-6-4-22(20-33)5-7-24)35-32(37)38-17-14-26(34)15-18-38;/h2-13,26,41H,14-19,34H2,1H3,(H,36,39);1H. The van der Waals surface area contributed by atoms with Crippen LogP contribution in [0.2, 0.25) is 0 Å². The lowest BCUT2D eigenvalue weighted by Crippen LogP contribution is -2.42. The van der Waals surface area contributed by atoms with Gasteiger partial charge < -0.3 is 15.4 Å². The van der Waals surface area contributed by atoms with Gasteiger partial charge in [-0.3, -0.25) is 19.4 Å². The molecule has 4 N–H and O–H groups in total. The number of rotatable bonds is 8. The van der Waals surface area contributed by atoms with Crippen molar-refractivity contribution in [3.63, 3.8) is 0 Å². The summed E-state index contributed by atoms with van der Waals surface area (Å²) >= 11 is 0. The molecular formula is C32H33ClN6O4. The summed E-state index contributed by atoms with van der Waals surface area (Å²) in [5.74, 6) is 0.692. The largest absolute Gasteiger partial charge is 0.493 e. The lowest BCUT2D eigenvalue weighted by atomic mass is 9.99. The van der Waals surface area contributed by atoms with E-state index in [2.05, 4.69) is 11.0 Å². The van der Waals surface area contributed by atoms with Crippen LogP contribution in [0.15, 0.2) is 77.6 Å². The Labute approximate surface area is 255 Å². The van der Waals surface area contributed by atoms with Crippen LogP contribution < -0.4 is 26.4 Å². The van der Waals surface area contributed by atoms with E-state index < -0.39 is 5.91 Å². The van der Waals surface area contributed by atoms with E-state index in [9.17, 15) is 14.9 Å². The van der Waals surface area contributed by atoms with Gasteiger partial charge in [-0.2, -0.15) is 5.26 Å². The Morgan fingerprint density at radius 3 is 2.28 bits per heavy atom. The molecule has 222 valence electrons. The lowest BCUT2D eigenvalue weighted by Gasteiger charge is -2.32. The highest BCUT2D eigenvalue weighted by molar-refractivity contribution is 5.93. The Balaban J connectivity index is 0.00000423. The average molecular weight is 601 g/mol. The quantitative estimate of drug-likeness (QED) is 0.203. The molecule has 1 amide bonds. The van der Waals surface area contributed by atoms with Gasteiger partial charge in [0.25, 0.3) is 11.5 Å². The van der Waals surface area contributed by atoms with Gasteiger partial charge in [0.1, 0.15) is 5.75 Å². The smallest absolute Gasteiger partial charge is 0.274 e. The van der Waals surface area contributed by atoms with Crippen LogP contribution in [0.5, 0.6) is 5.75 Å². The summed E-state index contributed by atoms with van der Waals surface area (Å²) in [5, 5.41) is 18.0. The number of nitrogens with two attached hydrogens (primary N) is 1. The van der Waals surface area contributed by atoms with Gasteiger partial charge in [-0.05, 0) is 60.4 Å². The minimum Gasteiger partial charge on any atom is -0.493 e. The van der Waals surface area contributed by atoms with Gasteiger partial charge >= 0.3 is 0 Å². The summed E-state index contributed by atoms with van der Waals surface area (Å²) in [5.41, 5.74) is 11.9. The molecule has 0 unspecified atom stereocenters. The molecule has 10 nitrogen and oxygen atoms in total. The van der Waals surface area contributed by atoms with Crippen molar-refractivity contribution in [3.8, 4) is 34.2 Å². The summed E-state index contributed by atoms with van der Waals surface area (Å²) in [7, 11) is 1.74. The van der Waals surface area contributed by atoms with Crippen molar-refractivity contribution in [3.05, 3.63) is 99.8 Å². The average Bonchev–Trinajstić information content (AvgIpc) is 3.03. The van der Waals surface area contributed by atoms with E-state index in [0.29, 0.717) is 52.7 Å². The monoisotopic (exact) mass is 600 g/mol. The number of benzene rings is 3. The topological polar surface area (TPSA) is 146 Å². The van der Waals surface area contributed by atoms with Crippen LogP contribution in [-0.4, -0.2) is 46.4 Å². The van der Waals surface area contributed by atoms with Crippen LogP contribution in [0.1, 0.15) is 34.3 Å². The maximum absolute atomic E-state index is 13.9. The number of nitrogens with one attached hydrogen (secondary N) is 1. The summed E-state index contributed by atoms with van der Waals surface area (Å²) in [6.07, 6.45) is 2.29. The van der Waals surface area contributed by atoms with Crippen molar-refractivity contribution in [2.75, 3.05) is 24.6 Å². The Hall–Kier alpha value is -4.69. The first-order valence-corrected chi connectivity index (χ1v) is 13.8. The maximum Gasteiger partial charge on any atom is 0.274 e. The van der Waals surface area contributed by atoms with Crippen molar-refractivity contribution in [1.29, 1.82) is 5.26 Å². The molecule has 1 aliphatic rings. The van der Waals surface area contributed by atoms with Crippen LogP contribution in [0.4, 0.5) is 5.95 Å². The Bertz CT molecular complexity index is 1660. The minimum atomic E-state index is -0.559. The molecule has 1 aromatic heterocycles. The molecule has 1 aliphatic heterocycles. The zero-order chi connectivity index (χ0) is 29.6. The molecule has 0 radical (unpaired) electrons. The second kappa shape index (κ2) is 14.0. The number of carbonyl (C=O) groups excluding carboxylic acids is 1. The minimum absolute atomic E-state index is 0. The predicted octanol–water partition coefficient (Wildman–Crippen LogP) is 4.08. The number of ether oxygens (including phenoxy) is 1. The fraction of sp³-hybridized carbons (Fsp3) is 0.250. The number of hydroxylamine groups is 1. The molecule has 2 heterocycles. The van der Waals surface area contributed by atoms with Gasteiger partial charge in [-0.1, -0.05) is 36.4 Å². The number of piperidine rings is 1. The number of nitrogens with zero attached hydrogens (tertiary/aromatic N) is 4. The van der Waals surface area contributed by atoms with Crippen molar-refractivity contribution < 1.29 is 14.7 Å². The highest BCUT2D eigenvalue weighted by Crippen LogP contribution is 2.31. The molecule has 3 aromatic carbocycles. The van der Waals surface area contributed by atoms with Gasteiger partial charge in [0, 0.05) is 43.7 Å². The van der Waals surface area contributed by atoms with E-state index in [0.717, 1.165) is 37.1 Å². The van der Waals surface area contributed by atoms with Gasteiger partial charge in [0.2, 0.25) is 5.95 Å². The van der Waals surface area contributed by atoms with Gasteiger partial charge in [-0.25, -0.2) is 10.5 Å². The van der Waals surface area contributed by atoms with Crippen molar-refractivity contribution in [2.24, 2.45) is 12.8 Å². The first kappa shape index (κ1) is 31.3. The van der Waals surface area contributed by atoms with Crippen LogP contribution in [0.3, 0.4) is 0 Å². The Kier molecular flexibility index (Phi) is 10.2. The van der Waals surface area contributed by atoms with Crippen LogP contribution in [0, 0.1) is 11.3 Å². The fourth-order valence-electron chi connectivity index (χ4n) is 5.04. The van der Waals surface area contributed by atoms with Gasteiger partial charge in [-0.15, -0.1) is 12.4 Å². The summed E-state index contributed by atoms with van der Waals surface area (Å²) in [6.45, 7) is 1.86. The third kappa shape index (κ3) is 7.04. The number of carbonyl (C=O) groups is 1. The van der Waals surface area contributed by atoms with Gasteiger partial charge in [0.15, 0.2) is 0 Å². The predicted molar refractivity (Wildman–Crippen MR) is 167 cm³/mol. The van der Waals surface area contributed by atoms with Crippen molar-refractivity contribution in [1.82, 2.24) is 15.0 Å². The normalized spacial score (nSPS) is 13.1. The second-order valence-electron chi connectivity index (χ2n) is 10.3. The van der Waals surface area contributed by atoms with E-state index in [1.165, 1.54) is 0 Å². The molecule has 0 aliphatic carbocycles. The van der Waals surface area contributed by atoms with Crippen molar-refractivity contribution >= 4 is 24.3 Å². The van der Waals surface area contributed by atoms with E-state index in [-0.39, 0.29) is 24.0 Å².